The molecule has 0 spiro atoms. The maximum Gasteiger partial charge on any atom is 0.137 e. The number of thiazole rings is 1. The van der Waals surface area contributed by atoms with Gasteiger partial charge < -0.3 is 0 Å². The van der Waals surface area contributed by atoms with Crippen LogP contribution in [0, 0.1) is 6.92 Å². The van der Waals surface area contributed by atoms with Crippen molar-refractivity contribution in [2.45, 2.75) is 52.5 Å². The molecule has 1 aliphatic rings. The van der Waals surface area contributed by atoms with Crippen LogP contribution in [0.15, 0.2) is 36.2 Å². The van der Waals surface area contributed by atoms with Gasteiger partial charge in [-0.05, 0) is 57.2 Å². The second-order valence-electron chi connectivity index (χ2n) is 7.53. The van der Waals surface area contributed by atoms with Gasteiger partial charge in [-0.3, -0.25) is 9.25 Å². The van der Waals surface area contributed by atoms with E-state index in [1.165, 1.54) is 29.8 Å². The fraction of sp³-hybridized carbons (Fsp3) is 0.364. The Morgan fingerprint density at radius 1 is 1.14 bits per heavy atom. The molecule has 0 fully saturated rings. The topological polar surface area (TPSA) is 61.4 Å². The van der Waals surface area contributed by atoms with E-state index >= 15 is 0 Å². The molecule has 0 N–H and O–H groups in total. The molecule has 5 rings (SSSR count). The Hall–Kier alpha value is -2.80. The van der Waals surface area contributed by atoms with E-state index in [4.69, 9.17) is 10.1 Å². The fourth-order valence-electron chi connectivity index (χ4n) is 4.04. The molecule has 148 valence electrons. The Bertz CT molecular complexity index is 1130. The van der Waals surface area contributed by atoms with Crippen LogP contribution in [0.3, 0.4) is 0 Å². The number of aryl methyl sites for hydroxylation is 3. The molecule has 0 aliphatic heterocycles. The van der Waals surface area contributed by atoms with Gasteiger partial charge in [0, 0.05) is 42.0 Å². The minimum absolute atomic E-state index is 0.862. The second-order valence-corrected chi connectivity index (χ2v) is 8.47. The molecule has 0 aromatic carbocycles. The third kappa shape index (κ3) is 3.51. The molecular weight excluding hydrogens is 380 g/mol. The lowest BCUT2D eigenvalue weighted by atomic mass is 9.95. The van der Waals surface area contributed by atoms with Crippen LogP contribution in [-0.2, 0) is 25.8 Å². The zero-order valence-corrected chi connectivity index (χ0v) is 17.6. The highest BCUT2D eigenvalue weighted by Gasteiger charge is 2.21. The van der Waals surface area contributed by atoms with Crippen LogP contribution in [-0.4, -0.2) is 29.3 Å². The number of rotatable bonds is 5. The number of hydrogen-bond acceptors (Lipinski definition) is 5. The number of hydrogen-bond donors (Lipinski definition) is 0. The van der Waals surface area contributed by atoms with E-state index in [0.29, 0.717) is 0 Å². The van der Waals surface area contributed by atoms with Gasteiger partial charge in [0.1, 0.15) is 12.1 Å². The van der Waals surface area contributed by atoms with Gasteiger partial charge in [0.2, 0.25) is 0 Å². The molecule has 6 nitrogen and oxygen atoms in total. The Kier molecular flexibility index (Phi) is 4.75. The molecule has 4 aromatic heterocycles. The summed E-state index contributed by atoms with van der Waals surface area (Å²) in [6.07, 6.45) is 11.3. The number of fused-ring (bicyclic) bond motifs is 1. The van der Waals surface area contributed by atoms with Crippen molar-refractivity contribution < 1.29 is 0 Å². The summed E-state index contributed by atoms with van der Waals surface area (Å²) in [5.74, 6) is 0.864. The van der Waals surface area contributed by atoms with Crippen LogP contribution in [0.25, 0.3) is 17.1 Å². The van der Waals surface area contributed by atoms with Crippen LogP contribution in [0.2, 0.25) is 0 Å². The van der Waals surface area contributed by atoms with Crippen molar-refractivity contribution >= 4 is 11.3 Å². The zero-order valence-electron chi connectivity index (χ0n) is 16.8. The van der Waals surface area contributed by atoms with Gasteiger partial charge in [-0.2, -0.15) is 5.10 Å². The highest BCUT2D eigenvalue weighted by molar-refractivity contribution is 7.10. The second kappa shape index (κ2) is 7.55. The van der Waals surface area contributed by atoms with Crippen LogP contribution in [0.4, 0.5) is 0 Å². The third-order valence-electron chi connectivity index (χ3n) is 5.53. The maximum atomic E-state index is 4.90. The normalized spacial score (nSPS) is 13.6. The largest absolute Gasteiger partial charge is 0.290 e. The highest BCUT2D eigenvalue weighted by Crippen LogP contribution is 2.28. The lowest BCUT2D eigenvalue weighted by Crippen LogP contribution is -2.05. The van der Waals surface area contributed by atoms with Crippen LogP contribution >= 0.6 is 11.3 Å². The first-order chi connectivity index (χ1) is 14.2. The molecule has 4 aromatic rings. The average Bonchev–Trinajstić information content (AvgIpc) is 3.48. The zero-order chi connectivity index (χ0) is 19.8. The summed E-state index contributed by atoms with van der Waals surface area (Å²) >= 11 is 1.72. The molecule has 0 amide bonds. The first-order valence-corrected chi connectivity index (χ1v) is 11.1. The Morgan fingerprint density at radius 3 is 2.79 bits per heavy atom. The van der Waals surface area contributed by atoms with Gasteiger partial charge in [0.05, 0.1) is 22.1 Å². The Balaban J connectivity index is 1.38. The third-order valence-corrected chi connectivity index (χ3v) is 6.38. The summed E-state index contributed by atoms with van der Waals surface area (Å²) in [7, 11) is 0. The van der Waals surface area contributed by atoms with Gasteiger partial charge in [-0.1, -0.05) is 0 Å². The lowest BCUT2D eigenvalue weighted by Gasteiger charge is -2.11. The average molecular weight is 405 g/mol. The van der Waals surface area contributed by atoms with Crippen molar-refractivity contribution in [1.29, 1.82) is 0 Å². The van der Waals surface area contributed by atoms with Crippen molar-refractivity contribution in [3.63, 3.8) is 0 Å². The highest BCUT2D eigenvalue weighted by atomic mass is 32.1. The van der Waals surface area contributed by atoms with Gasteiger partial charge in [-0.15, -0.1) is 11.3 Å². The molecule has 0 bridgehead atoms. The number of aromatic nitrogens is 6. The summed E-state index contributed by atoms with van der Waals surface area (Å²) in [5, 5.41) is 8.11. The molecule has 4 heterocycles. The molecule has 0 radical (unpaired) electrons. The van der Waals surface area contributed by atoms with Gasteiger partial charge in [0.25, 0.3) is 0 Å². The molecule has 0 saturated heterocycles. The van der Waals surface area contributed by atoms with Gasteiger partial charge in [-0.25, -0.2) is 15.0 Å². The van der Waals surface area contributed by atoms with E-state index < -0.39 is 0 Å². The van der Waals surface area contributed by atoms with E-state index in [1.807, 2.05) is 30.0 Å². The summed E-state index contributed by atoms with van der Waals surface area (Å²) in [4.78, 5) is 13.7. The molecular formula is C22H24N6S. The maximum absolute atomic E-state index is 4.90. The predicted octanol–water partition coefficient (Wildman–Crippen LogP) is 4.39. The predicted molar refractivity (Wildman–Crippen MR) is 115 cm³/mol. The molecule has 0 saturated carbocycles. The van der Waals surface area contributed by atoms with Gasteiger partial charge >= 0.3 is 0 Å². The summed E-state index contributed by atoms with van der Waals surface area (Å²) in [6.45, 7) is 5.06. The molecule has 29 heavy (non-hydrogen) atoms. The first kappa shape index (κ1) is 18.2. The summed E-state index contributed by atoms with van der Waals surface area (Å²) in [6, 6.07) is 4.09. The van der Waals surface area contributed by atoms with Crippen molar-refractivity contribution in [2.24, 2.45) is 0 Å². The first-order valence-electron chi connectivity index (χ1n) is 10.2. The van der Waals surface area contributed by atoms with E-state index in [9.17, 15) is 0 Å². The van der Waals surface area contributed by atoms with Crippen molar-refractivity contribution in [1.82, 2.24) is 29.3 Å². The van der Waals surface area contributed by atoms with Crippen LogP contribution in [0.1, 0.15) is 47.4 Å². The number of pyridine rings is 1. The molecule has 0 unspecified atom stereocenters. The Morgan fingerprint density at radius 2 is 2.03 bits per heavy atom. The fourth-order valence-corrected chi connectivity index (χ4v) is 4.84. The van der Waals surface area contributed by atoms with E-state index in [2.05, 4.69) is 33.0 Å². The standard InChI is InChI=1S/C22H24N6S/c1-3-28-20(17-6-4-5-7-18(17)26-28)10-22-25-19(13-29-22)16-8-9-21(23-11-16)27-12-15(2)24-14-27/h8-9,11-14H,3-7,10H2,1-2H3. The van der Waals surface area contributed by atoms with E-state index in [1.54, 1.807) is 17.7 Å². The molecule has 1 aliphatic carbocycles. The minimum atomic E-state index is 0.862. The SMILES string of the molecule is CCn1nc2c(c1Cc1nc(-c3ccc(-n4cnc(C)c4)nc3)cs1)CCCC2. The minimum Gasteiger partial charge on any atom is -0.290 e. The van der Waals surface area contributed by atoms with Crippen molar-refractivity contribution in [3.8, 4) is 17.1 Å². The Labute approximate surface area is 174 Å². The van der Waals surface area contributed by atoms with E-state index in [-0.39, 0.29) is 0 Å². The lowest BCUT2D eigenvalue weighted by molar-refractivity contribution is 0.616. The summed E-state index contributed by atoms with van der Waals surface area (Å²) < 4.78 is 4.11. The molecule has 0 atom stereocenters. The number of nitrogens with zero attached hydrogens (tertiary/aromatic N) is 6. The van der Waals surface area contributed by atoms with Crippen molar-refractivity contribution in [2.75, 3.05) is 0 Å². The molecule has 7 heteroatoms. The van der Waals surface area contributed by atoms with Crippen LogP contribution in [0.5, 0.6) is 0 Å². The summed E-state index contributed by atoms with van der Waals surface area (Å²) in [5.41, 5.74) is 7.14. The monoisotopic (exact) mass is 404 g/mol. The number of imidazole rings is 1. The smallest absolute Gasteiger partial charge is 0.137 e. The van der Waals surface area contributed by atoms with Crippen molar-refractivity contribution in [3.05, 3.63) is 63.9 Å². The van der Waals surface area contributed by atoms with E-state index in [0.717, 1.165) is 53.6 Å². The van der Waals surface area contributed by atoms with Crippen LogP contribution < -0.4 is 0 Å². The quantitative estimate of drug-likeness (QED) is 0.495. The van der Waals surface area contributed by atoms with Gasteiger partial charge in [0.15, 0.2) is 0 Å².